The zero-order valence-corrected chi connectivity index (χ0v) is 11.8. The number of rotatable bonds is 3. The van der Waals surface area contributed by atoms with Crippen molar-refractivity contribution in [2.45, 2.75) is 45.1 Å². The molecule has 1 saturated carbocycles. The second-order valence-electron chi connectivity index (χ2n) is 5.38. The lowest BCUT2D eigenvalue weighted by Gasteiger charge is -2.18. The minimum absolute atomic E-state index is 0.0401. The maximum absolute atomic E-state index is 10.7. The topological polar surface area (TPSA) is 55.2 Å². The maximum atomic E-state index is 10.7. The smallest absolute Gasteiger partial charge is 0.288 e. The van der Waals surface area contributed by atoms with Gasteiger partial charge in [-0.05, 0) is 37.3 Å². The molecule has 1 N–H and O–H groups in total. The highest BCUT2D eigenvalue weighted by molar-refractivity contribution is 6.32. The van der Waals surface area contributed by atoms with E-state index in [1.807, 2.05) is 0 Å². The highest BCUT2D eigenvalue weighted by Gasteiger charge is 2.17. The molecule has 2 rings (SSSR count). The monoisotopic (exact) mass is 282 g/mol. The van der Waals surface area contributed by atoms with E-state index in [0.717, 1.165) is 24.4 Å². The predicted octanol–water partition coefficient (Wildman–Crippen LogP) is 4.63. The third kappa shape index (κ3) is 3.83. The first-order chi connectivity index (χ1) is 9.06. The fourth-order valence-corrected chi connectivity index (χ4v) is 2.86. The number of hydrogen-bond donors (Lipinski definition) is 1. The Morgan fingerprint density at radius 3 is 2.79 bits per heavy atom. The van der Waals surface area contributed by atoms with Crippen molar-refractivity contribution in [1.29, 1.82) is 0 Å². The number of benzene rings is 1. The van der Waals surface area contributed by atoms with Gasteiger partial charge in [-0.3, -0.25) is 10.1 Å². The van der Waals surface area contributed by atoms with Gasteiger partial charge in [0.05, 0.1) is 4.92 Å². The van der Waals surface area contributed by atoms with Crippen molar-refractivity contribution in [2.75, 3.05) is 5.32 Å². The first-order valence-corrected chi connectivity index (χ1v) is 7.14. The third-order valence-corrected chi connectivity index (χ3v) is 4.08. The van der Waals surface area contributed by atoms with Gasteiger partial charge in [0.15, 0.2) is 0 Å². The molecule has 5 heteroatoms. The zero-order valence-electron chi connectivity index (χ0n) is 11.1. The SMILES string of the molecule is CC1CCCC(Nc2ccc([N+](=O)[O-])c(Cl)c2)CC1. The number of anilines is 1. The Morgan fingerprint density at radius 1 is 1.32 bits per heavy atom. The molecule has 1 aromatic rings. The van der Waals surface area contributed by atoms with Crippen LogP contribution in [0.1, 0.15) is 39.0 Å². The van der Waals surface area contributed by atoms with Crippen molar-refractivity contribution >= 4 is 23.0 Å². The van der Waals surface area contributed by atoms with Crippen LogP contribution in [0.25, 0.3) is 0 Å². The van der Waals surface area contributed by atoms with Gasteiger partial charge in [0, 0.05) is 17.8 Å². The highest BCUT2D eigenvalue weighted by Crippen LogP contribution is 2.29. The average molecular weight is 283 g/mol. The van der Waals surface area contributed by atoms with Gasteiger partial charge in [-0.1, -0.05) is 31.4 Å². The number of nitrogens with one attached hydrogen (secondary N) is 1. The molecule has 0 amide bonds. The summed E-state index contributed by atoms with van der Waals surface area (Å²) >= 11 is 5.92. The van der Waals surface area contributed by atoms with Gasteiger partial charge in [-0.15, -0.1) is 0 Å². The Hall–Kier alpha value is -1.29. The zero-order chi connectivity index (χ0) is 13.8. The standard InChI is InChI=1S/C14H19ClN2O2/c1-10-3-2-4-11(6-5-10)16-12-7-8-14(17(18)19)13(15)9-12/h7-11,16H,2-6H2,1H3. The van der Waals surface area contributed by atoms with Crippen molar-refractivity contribution in [3.8, 4) is 0 Å². The van der Waals surface area contributed by atoms with Crippen LogP contribution in [0.15, 0.2) is 18.2 Å². The first kappa shape index (κ1) is 14.1. The van der Waals surface area contributed by atoms with E-state index in [0.29, 0.717) is 6.04 Å². The second kappa shape index (κ2) is 6.24. The molecule has 19 heavy (non-hydrogen) atoms. The molecule has 4 nitrogen and oxygen atoms in total. The molecule has 1 fully saturated rings. The van der Waals surface area contributed by atoms with Gasteiger partial charge in [0.2, 0.25) is 0 Å². The molecule has 0 aliphatic heterocycles. The van der Waals surface area contributed by atoms with E-state index in [1.54, 1.807) is 12.1 Å². The van der Waals surface area contributed by atoms with Gasteiger partial charge in [0.25, 0.3) is 5.69 Å². The van der Waals surface area contributed by atoms with Crippen LogP contribution in [0.4, 0.5) is 11.4 Å². The Balaban J connectivity index is 2.03. The van der Waals surface area contributed by atoms with Gasteiger partial charge in [-0.25, -0.2) is 0 Å². The average Bonchev–Trinajstić information content (AvgIpc) is 2.54. The van der Waals surface area contributed by atoms with Crippen molar-refractivity contribution in [3.63, 3.8) is 0 Å². The molecular formula is C14H19ClN2O2. The van der Waals surface area contributed by atoms with Crippen molar-refractivity contribution in [1.82, 2.24) is 0 Å². The summed E-state index contributed by atoms with van der Waals surface area (Å²) in [6.07, 6.45) is 6.06. The van der Waals surface area contributed by atoms with Crippen LogP contribution in [0.2, 0.25) is 5.02 Å². The van der Waals surface area contributed by atoms with Gasteiger partial charge in [0.1, 0.15) is 5.02 Å². The summed E-state index contributed by atoms with van der Waals surface area (Å²) in [4.78, 5) is 10.2. The second-order valence-corrected chi connectivity index (χ2v) is 5.79. The minimum atomic E-state index is -0.459. The van der Waals surface area contributed by atoms with E-state index in [2.05, 4.69) is 12.2 Å². The lowest BCUT2D eigenvalue weighted by atomic mass is 10.0. The molecule has 0 radical (unpaired) electrons. The molecule has 0 heterocycles. The van der Waals surface area contributed by atoms with Gasteiger partial charge < -0.3 is 5.32 Å². The highest BCUT2D eigenvalue weighted by atomic mass is 35.5. The number of halogens is 1. The molecule has 0 aromatic heterocycles. The Bertz CT molecular complexity index is 465. The van der Waals surface area contributed by atoms with Crippen LogP contribution in [0.3, 0.4) is 0 Å². The summed E-state index contributed by atoms with van der Waals surface area (Å²) in [5.74, 6) is 0.798. The molecule has 1 aliphatic carbocycles. The van der Waals surface area contributed by atoms with Crippen molar-refractivity contribution in [3.05, 3.63) is 33.3 Å². The van der Waals surface area contributed by atoms with Crippen LogP contribution >= 0.6 is 11.6 Å². The summed E-state index contributed by atoms with van der Waals surface area (Å²) in [7, 11) is 0. The van der Waals surface area contributed by atoms with Crippen LogP contribution in [0, 0.1) is 16.0 Å². The van der Waals surface area contributed by atoms with Gasteiger partial charge in [-0.2, -0.15) is 0 Å². The van der Waals surface area contributed by atoms with E-state index >= 15 is 0 Å². The molecule has 104 valence electrons. The fraction of sp³-hybridized carbons (Fsp3) is 0.571. The molecule has 0 spiro atoms. The maximum Gasteiger partial charge on any atom is 0.288 e. The number of nitro benzene ring substituents is 1. The third-order valence-electron chi connectivity index (χ3n) is 3.77. The predicted molar refractivity (Wildman–Crippen MR) is 77.8 cm³/mol. The molecule has 2 unspecified atom stereocenters. The van der Waals surface area contributed by atoms with Crippen molar-refractivity contribution in [2.24, 2.45) is 5.92 Å². The number of hydrogen-bond acceptors (Lipinski definition) is 3. The van der Waals surface area contributed by atoms with Gasteiger partial charge >= 0.3 is 0 Å². The Labute approximate surface area is 118 Å². The summed E-state index contributed by atoms with van der Waals surface area (Å²) < 4.78 is 0. The molecule has 1 aromatic carbocycles. The molecule has 2 atom stereocenters. The van der Waals surface area contributed by atoms with E-state index in [9.17, 15) is 10.1 Å². The fourth-order valence-electron chi connectivity index (χ4n) is 2.61. The first-order valence-electron chi connectivity index (χ1n) is 6.76. The summed E-state index contributed by atoms with van der Waals surface area (Å²) in [5, 5.41) is 14.3. The van der Waals surface area contributed by atoms with Crippen LogP contribution in [0.5, 0.6) is 0 Å². The quantitative estimate of drug-likeness (QED) is 0.499. The van der Waals surface area contributed by atoms with E-state index < -0.39 is 4.92 Å². The van der Waals surface area contributed by atoms with Crippen LogP contribution < -0.4 is 5.32 Å². The minimum Gasteiger partial charge on any atom is -0.382 e. The lowest BCUT2D eigenvalue weighted by molar-refractivity contribution is -0.384. The Kier molecular flexibility index (Phi) is 4.64. The number of nitrogens with zero attached hydrogens (tertiary/aromatic N) is 1. The van der Waals surface area contributed by atoms with Crippen LogP contribution in [-0.4, -0.2) is 11.0 Å². The van der Waals surface area contributed by atoms with E-state index in [-0.39, 0.29) is 10.7 Å². The summed E-state index contributed by atoms with van der Waals surface area (Å²) in [6.45, 7) is 2.30. The summed E-state index contributed by atoms with van der Waals surface area (Å²) in [5.41, 5.74) is 0.830. The van der Waals surface area contributed by atoms with Crippen LogP contribution in [-0.2, 0) is 0 Å². The molecular weight excluding hydrogens is 264 g/mol. The normalized spacial score (nSPS) is 23.7. The van der Waals surface area contributed by atoms with E-state index in [4.69, 9.17) is 11.6 Å². The molecule has 0 saturated heterocycles. The van der Waals surface area contributed by atoms with Crippen molar-refractivity contribution < 1.29 is 4.92 Å². The summed E-state index contributed by atoms with van der Waals surface area (Å²) in [6, 6.07) is 5.29. The molecule has 0 bridgehead atoms. The largest absolute Gasteiger partial charge is 0.382 e. The van der Waals surface area contributed by atoms with E-state index in [1.165, 1.54) is 25.3 Å². The number of nitro groups is 1. The molecule has 1 aliphatic rings. The lowest BCUT2D eigenvalue weighted by Crippen LogP contribution is -2.18. The Morgan fingerprint density at radius 2 is 2.11 bits per heavy atom.